The van der Waals surface area contributed by atoms with Crippen LogP contribution >= 0.6 is 0 Å². The lowest BCUT2D eigenvalue weighted by molar-refractivity contribution is -0.150. The lowest BCUT2D eigenvalue weighted by Crippen LogP contribution is -2.47. The quantitative estimate of drug-likeness (QED) is 0.0271. The van der Waals surface area contributed by atoms with Crippen molar-refractivity contribution in [1.29, 1.82) is 0 Å². The standard InChI is InChI=1S/C51H96N2O7/c1-3-5-7-9-11-13-14-15-16-17-18-19-20-21-22-23-24-25-26-28-30-35-39-43-50(57)60-46(40-36-32-29-27-12-10-8-6-4-2)41-37-33-31-34-38-42-48(55)52-44-49(56)53-47(45-54)51(58)59/h17-18,46-47,54H,3-16,19-45H2,1-2H3,(H,52,55)(H,53,56)(H,58,59)/b18-17-. The van der Waals surface area contributed by atoms with Gasteiger partial charge in [0.25, 0.3) is 0 Å². The van der Waals surface area contributed by atoms with E-state index in [9.17, 15) is 19.2 Å². The first-order valence-electron chi connectivity index (χ1n) is 25.6. The molecule has 9 nitrogen and oxygen atoms in total. The smallest absolute Gasteiger partial charge is 0.328 e. The normalized spacial score (nSPS) is 12.4. The Morgan fingerprint density at radius 2 is 0.850 bits per heavy atom. The molecule has 0 aromatic rings. The van der Waals surface area contributed by atoms with Crippen LogP contribution in [0.3, 0.4) is 0 Å². The first-order valence-corrected chi connectivity index (χ1v) is 25.6. The molecule has 352 valence electrons. The maximum Gasteiger partial charge on any atom is 0.328 e. The van der Waals surface area contributed by atoms with E-state index in [4.69, 9.17) is 14.9 Å². The molecule has 9 heteroatoms. The van der Waals surface area contributed by atoms with Crippen LogP contribution in [-0.2, 0) is 23.9 Å². The van der Waals surface area contributed by atoms with Gasteiger partial charge in [-0.15, -0.1) is 0 Å². The van der Waals surface area contributed by atoms with Gasteiger partial charge < -0.3 is 25.6 Å². The molecule has 0 fully saturated rings. The maximum absolute atomic E-state index is 12.8. The van der Waals surface area contributed by atoms with Gasteiger partial charge in [0.1, 0.15) is 12.1 Å². The molecule has 0 saturated heterocycles. The molecule has 2 unspecified atom stereocenters. The van der Waals surface area contributed by atoms with E-state index >= 15 is 0 Å². The zero-order valence-electron chi connectivity index (χ0n) is 39.2. The average Bonchev–Trinajstić information content (AvgIpc) is 3.23. The van der Waals surface area contributed by atoms with Gasteiger partial charge in [0.05, 0.1) is 13.2 Å². The summed E-state index contributed by atoms with van der Waals surface area (Å²) in [7, 11) is 0. The number of hydrogen-bond donors (Lipinski definition) is 4. The number of carbonyl (C=O) groups is 4. The third kappa shape index (κ3) is 42.3. The van der Waals surface area contributed by atoms with Crippen LogP contribution in [0.2, 0.25) is 0 Å². The highest BCUT2D eigenvalue weighted by molar-refractivity contribution is 5.87. The van der Waals surface area contributed by atoms with E-state index in [-0.39, 0.29) is 24.5 Å². The molecule has 0 aliphatic heterocycles. The zero-order valence-corrected chi connectivity index (χ0v) is 39.2. The van der Waals surface area contributed by atoms with Crippen LogP contribution in [0.5, 0.6) is 0 Å². The number of amides is 2. The third-order valence-corrected chi connectivity index (χ3v) is 11.8. The molecule has 60 heavy (non-hydrogen) atoms. The molecule has 0 rings (SSSR count). The number of carbonyl (C=O) groups excluding carboxylic acids is 3. The van der Waals surface area contributed by atoms with Crippen LogP contribution in [-0.4, -0.2) is 59.3 Å². The summed E-state index contributed by atoms with van der Waals surface area (Å²) in [6.07, 6.45) is 51.2. The first kappa shape index (κ1) is 57.6. The number of unbranched alkanes of at least 4 members (excludes halogenated alkanes) is 31. The van der Waals surface area contributed by atoms with Crippen LogP contribution < -0.4 is 10.6 Å². The maximum atomic E-state index is 12.8. The van der Waals surface area contributed by atoms with Crippen molar-refractivity contribution in [3.63, 3.8) is 0 Å². The molecule has 0 radical (unpaired) electrons. The number of nitrogens with one attached hydrogen (secondary N) is 2. The predicted molar refractivity (Wildman–Crippen MR) is 250 cm³/mol. The van der Waals surface area contributed by atoms with Crippen LogP contribution in [0.4, 0.5) is 0 Å². The highest BCUT2D eigenvalue weighted by Crippen LogP contribution is 2.19. The van der Waals surface area contributed by atoms with Crippen molar-refractivity contribution in [3.05, 3.63) is 12.2 Å². The fraction of sp³-hybridized carbons (Fsp3) is 0.882. The summed E-state index contributed by atoms with van der Waals surface area (Å²) in [4.78, 5) is 47.7. The summed E-state index contributed by atoms with van der Waals surface area (Å²) in [5, 5.41) is 22.6. The molecule has 0 aliphatic rings. The van der Waals surface area contributed by atoms with Gasteiger partial charge in [-0.2, -0.15) is 0 Å². The lowest BCUT2D eigenvalue weighted by atomic mass is 10.0. The number of aliphatic hydroxyl groups excluding tert-OH is 1. The minimum Gasteiger partial charge on any atom is -0.480 e. The summed E-state index contributed by atoms with van der Waals surface area (Å²) in [6, 6.07) is -1.38. The summed E-state index contributed by atoms with van der Waals surface area (Å²) in [5.74, 6) is -2.27. The Morgan fingerprint density at radius 1 is 0.483 bits per heavy atom. The number of esters is 1. The monoisotopic (exact) mass is 849 g/mol. The van der Waals surface area contributed by atoms with E-state index in [1.165, 1.54) is 173 Å². The van der Waals surface area contributed by atoms with E-state index in [1.807, 2.05) is 0 Å². The number of ether oxygens (including phenoxy) is 1. The molecular formula is C51H96N2O7. The number of allylic oxidation sites excluding steroid dienone is 2. The highest BCUT2D eigenvalue weighted by atomic mass is 16.5. The second-order valence-corrected chi connectivity index (χ2v) is 17.6. The van der Waals surface area contributed by atoms with Crippen LogP contribution in [0.25, 0.3) is 0 Å². The second-order valence-electron chi connectivity index (χ2n) is 17.6. The Morgan fingerprint density at radius 3 is 1.25 bits per heavy atom. The highest BCUT2D eigenvalue weighted by Gasteiger charge is 2.19. The molecule has 0 aromatic heterocycles. The van der Waals surface area contributed by atoms with E-state index < -0.39 is 24.5 Å². The van der Waals surface area contributed by atoms with Crippen molar-refractivity contribution in [3.8, 4) is 0 Å². The van der Waals surface area contributed by atoms with Gasteiger partial charge in [0.15, 0.2) is 0 Å². The minimum atomic E-state index is -1.38. The molecule has 4 N–H and O–H groups in total. The molecule has 0 spiro atoms. The molecule has 0 saturated carbocycles. The van der Waals surface area contributed by atoms with Crippen molar-refractivity contribution < 1.29 is 34.1 Å². The number of hydrogen-bond acceptors (Lipinski definition) is 6. The molecular weight excluding hydrogens is 753 g/mol. The number of carboxylic acid groups (broad SMARTS) is 1. The summed E-state index contributed by atoms with van der Waals surface area (Å²) < 4.78 is 6.05. The first-order chi connectivity index (χ1) is 29.3. The lowest BCUT2D eigenvalue weighted by Gasteiger charge is -2.18. The van der Waals surface area contributed by atoms with Crippen LogP contribution in [0.15, 0.2) is 12.2 Å². The summed E-state index contributed by atoms with van der Waals surface area (Å²) >= 11 is 0. The molecule has 0 bridgehead atoms. The van der Waals surface area contributed by atoms with Crippen LogP contribution in [0, 0.1) is 0 Å². The molecule has 0 aliphatic carbocycles. The summed E-state index contributed by atoms with van der Waals surface area (Å²) in [5.41, 5.74) is 0. The Hall–Kier alpha value is -2.42. The van der Waals surface area contributed by atoms with Gasteiger partial charge in [0.2, 0.25) is 11.8 Å². The van der Waals surface area contributed by atoms with Gasteiger partial charge >= 0.3 is 11.9 Å². The Bertz CT molecular complexity index is 1020. The molecule has 0 heterocycles. The summed E-state index contributed by atoms with van der Waals surface area (Å²) in [6.45, 7) is 3.51. The van der Waals surface area contributed by atoms with Crippen molar-refractivity contribution in [2.45, 2.75) is 276 Å². The number of aliphatic hydroxyl groups is 1. The van der Waals surface area contributed by atoms with Gasteiger partial charge in [0, 0.05) is 12.8 Å². The Labute approximate surface area is 369 Å². The van der Waals surface area contributed by atoms with Crippen LogP contribution in [0.1, 0.15) is 264 Å². The Kier molecular flexibility index (Phi) is 44.2. The second kappa shape index (κ2) is 46.1. The minimum absolute atomic E-state index is 0.00783. The van der Waals surface area contributed by atoms with Crippen molar-refractivity contribution in [1.82, 2.24) is 10.6 Å². The van der Waals surface area contributed by atoms with Crippen molar-refractivity contribution >= 4 is 23.8 Å². The SMILES string of the molecule is CCCCCCCCCC/C=C\CCCCCCCCCCCCCC(=O)OC(CCCCCCCCCCC)CCCCCCCC(=O)NCC(=O)NC(CO)C(=O)O. The van der Waals surface area contributed by atoms with E-state index in [0.717, 1.165) is 57.8 Å². The average molecular weight is 849 g/mol. The topological polar surface area (TPSA) is 142 Å². The number of aliphatic carboxylic acids is 1. The fourth-order valence-electron chi connectivity index (χ4n) is 7.83. The number of rotatable bonds is 47. The Balaban J connectivity index is 4.07. The molecule has 2 amide bonds. The van der Waals surface area contributed by atoms with Gasteiger partial charge in [-0.3, -0.25) is 14.4 Å². The fourth-order valence-corrected chi connectivity index (χ4v) is 7.83. The van der Waals surface area contributed by atoms with Crippen molar-refractivity contribution in [2.75, 3.05) is 13.2 Å². The predicted octanol–water partition coefficient (Wildman–Crippen LogP) is 13.4. The number of carboxylic acids is 1. The van der Waals surface area contributed by atoms with E-state index in [2.05, 4.69) is 36.6 Å². The largest absolute Gasteiger partial charge is 0.480 e. The van der Waals surface area contributed by atoms with E-state index in [0.29, 0.717) is 19.3 Å². The zero-order chi connectivity index (χ0) is 44.0. The molecule has 2 atom stereocenters. The van der Waals surface area contributed by atoms with Gasteiger partial charge in [-0.05, 0) is 64.2 Å². The van der Waals surface area contributed by atoms with E-state index in [1.54, 1.807) is 0 Å². The van der Waals surface area contributed by atoms with Gasteiger partial charge in [-0.1, -0.05) is 199 Å². The van der Waals surface area contributed by atoms with Gasteiger partial charge in [-0.25, -0.2) is 4.79 Å². The molecule has 0 aromatic carbocycles. The van der Waals surface area contributed by atoms with Crippen molar-refractivity contribution in [2.24, 2.45) is 0 Å². The third-order valence-electron chi connectivity index (χ3n) is 11.8.